The lowest BCUT2D eigenvalue weighted by molar-refractivity contribution is -0.130. The number of carbonyl (C=O) groups is 3. The van der Waals surface area contributed by atoms with Crippen molar-refractivity contribution in [2.24, 2.45) is 16.9 Å². The summed E-state index contributed by atoms with van der Waals surface area (Å²) in [5.41, 5.74) is 2.61. The SMILES string of the molecule is CC(C)C[C@H](NC(=O)[C@@H]1CCCC[C@@H]1NC(=O)c1ccc(Cl)nc1)C(=O)C1=NNC(O)O1. The van der Waals surface area contributed by atoms with Gasteiger partial charge in [0.1, 0.15) is 5.15 Å². The smallest absolute Gasteiger partial charge is 0.295 e. The largest absolute Gasteiger partial charge is 0.424 e. The fourth-order valence-electron chi connectivity index (χ4n) is 3.90. The highest BCUT2D eigenvalue weighted by molar-refractivity contribution is 6.38. The van der Waals surface area contributed by atoms with Gasteiger partial charge in [0, 0.05) is 12.2 Å². The van der Waals surface area contributed by atoms with Crippen LogP contribution in [-0.4, -0.2) is 52.1 Å². The molecule has 2 amide bonds. The van der Waals surface area contributed by atoms with Gasteiger partial charge in [0.05, 0.1) is 17.5 Å². The maximum absolute atomic E-state index is 13.2. The van der Waals surface area contributed by atoms with E-state index >= 15 is 0 Å². The van der Waals surface area contributed by atoms with Crippen molar-refractivity contribution < 1.29 is 24.2 Å². The molecule has 2 heterocycles. The molecule has 0 bridgehead atoms. The molecule has 3 rings (SSSR count). The third-order valence-corrected chi connectivity index (χ3v) is 5.68. The summed E-state index contributed by atoms with van der Waals surface area (Å²) in [6.07, 6.45) is 3.36. The predicted octanol–water partition coefficient (Wildman–Crippen LogP) is 1.33. The number of nitrogens with zero attached hydrogens (tertiary/aromatic N) is 2. The number of aliphatic hydroxyl groups excluding tert-OH is 1. The number of carbonyl (C=O) groups excluding carboxylic acids is 3. The van der Waals surface area contributed by atoms with Crippen LogP contribution in [0.3, 0.4) is 0 Å². The number of hydrogen-bond acceptors (Lipinski definition) is 8. The highest BCUT2D eigenvalue weighted by Gasteiger charge is 2.36. The fraction of sp³-hybridized carbons (Fsp3) is 0.571. The molecule has 1 unspecified atom stereocenters. The van der Waals surface area contributed by atoms with Crippen LogP contribution in [0.25, 0.3) is 0 Å². The second-order valence-electron chi connectivity index (χ2n) is 8.41. The lowest BCUT2D eigenvalue weighted by Crippen LogP contribution is -2.53. The van der Waals surface area contributed by atoms with Crippen LogP contribution in [0.5, 0.6) is 0 Å². The fourth-order valence-corrected chi connectivity index (χ4v) is 4.01. The third kappa shape index (κ3) is 6.17. The first-order valence-electron chi connectivity index (χ1n) is 10.7. The summed E-state index contributed by atoms with van der Waals surface area (Å²) in [4.78, 5) is 42.5. The molecule has 1 aromatic rings. The highest BCUT2D eigenvalue weighted by Crippen LogP contribution is 2.26. The van der Waals surface area contributed by atoms with Crippen molar-refractivity contribution in [3.63, 3.8) is 0 Å². The quantitative estimate of drug-likeness (QED) is 0.424. The lowest BCUT2D eigenvalue weighted by Gasteiger charge is -2.32. The van der Waals surface area contributed by atoms with E-state index in [9.17, 15) is 19.5 Å². The van der Waals surface area contributed by atoms with E-state index in [0.717, 1.165) is 12.8 Å². The van der Waals surface area contributed by atoms with E-state index in [0.29, 0.717) is 24.8 Å². The first-order chi connectivity index (χ1) is 15.2. The first kappa shape index (κ1) is 23.9. The van der Waals surface area contributed by atoms with Gasteiger partial charge in [0.2, 0.25) is 11.7 Å². The molecule has 0 saturated heterocycles. The molecule has 174 valence electrons. The van der Waals surface area contributed by atoms with Gasteiger partial charge in [-0.2, -0.15) is 0 Å². The van der Waals surface area contributed by atoms with E-state index < -0.39 is 24.2 Å². The van der Waals surface area contributed by atoms with Crippen LogP contribution >= 0.6 is 11.6 Å². The Balaban J connectivity index is 1.68. The molecule has 4 atom stereocenters. The number of aliphatic hydroxyl groups is 1. The average Bonchev–Trinajstić information content (AvgIpc) is 3.19. The lowest BCUT2D eigenvalue weighted by atomic mass is 9.83. The molecular formula is C21H28ClN5O5. The van der Waals surface area contributed by atoms with Crippen molar-refractivity contribution >= 4 is 35.1 Å². The van der Waals surface area contributed by atoms with Crippen LogP contribution in [0.4, 0.5) is 0 Å². The van der Waals surface area contributed by atoms with E-state index in [1.54, 1.807) is 6.07 Å². The molecule has 0 radical (unpaired) electrons. The molecule has 11 heteroatoms. The van der Waals surface area contributed by atoms with E-state index in [1.165, 1.54) is 12.3 Å². The Kier molecular flexibility index (Phi) is 8.03. The monoisotopic (exact) mass is 465 g/mol. The Labute approximate surface area is 191 Å². The minimum absolute atomic E-state index is 0.114. The van der Waals surface area contributed by atoms with E-state index in [2.05, 4.69) is 26.1 Å². The molecule has 1 aromatic heterocycles. The van der Waals surface area contributed by atoms with Crippen LogP contribution in [0.15, 0.2) is 23.4 Å². The molecule has 2 aliphatic rings. The van der Waals surface area contributed by atoms with Gasteiger partial charge in [-0.15, -0.1) is 5.10 Å². The number of nitrogens with one attached hydrogen (secondary N) is 3. The summed E-state index contributed by atoms with van der Waals surface area (Å²) >= 11 is 5.78. The van der Waals surface area contributed by atoms with E-state index in [-0.39, 0.29) is 34.8 Å². The van der Waals surface area contributed by atoms with Crippen molar-refractivity contribution in [2.75, 3.05) is 0 Å². The van der Waals surface area contributed by atoms with Crippen molar-refractivity contribution in [1.82, 2.24) is 21.0 Å². The minimum atomic E-state index is -1.38. The maximum Gasteiger partial charge on any atom is 0.295 e. The topological polar surface area (TPSA) is 142 Å². The second kappa shape index (κ2) is 10.7. The van der Waals surface area contributed by atoms with Gasteiger partial charge in [0.15, 0.2) is 0 Å². The first-order valence-corrected chi connectivity index (χ1v) is 11.1. The Morgan fingerprint density at radius 1 is 1.28 bits per heavy atom. The van der Waals surface area contributed by atoms with E-state index in [1.807, 2.05) is 13.8 Å². The highest BCUT2D eigenvalue weighted by atomic mass is 35.5. The van der Waals surface area contributed by atoms with Gasteiger partial charge in [0.25, 0.3) is 18.2 Å². The van der Waals surface area contributed by atoms with Gasteiger partial charge in [-0.25, -0.2) is 10.4 Å². The Hall–Kier alpha value is -2.72. The van der Waals surface area contributed by atoms with Gasteiger partial charge in [-0.3, -0.25) is 14.4 Å². The van der Waals surface area contributed by atoms with Crippen molar-refractivity contribution in [2.45, 2.75) is 64.4 Å². The molecule has 10 nitrogen and oxygen atoms in total. The minimum Gasteiger partial charge on any atom is -0.424 e. The maximum atomic E-state index is 13.2. The zero-order chi connectivity index (χ0) is 23.3. The molecule has 1 saturated carbocycles. The van der Waals surface area contributed by atoms with Crippen molar-refractivity contribution in [3.05, 3.63) is 29.0 Å². The van der Waals surface area contributed by atoms with Gasteiger partial charge in [-0.05, 0) is 37.3 Å². The summed E-state index contributed by atoms with van der Waals surface area (Å²) in [5, 5.41) is 19.1. The summed E-state index contributed by atoms with van der Waals surface area (Å²) in [7, 11) is 0. The number of hydrazone groups is 1. The summed E-state index contributed by atoms with van der Waals surface area (Å²) in [6.45, 7) is 3.86. The zero-order valence-electron chi connectivity index (χ0n) is 18.0. The molecule has 0 aromatic carbocycles. The van der Waals surface area contributed by atoms with Crippen LogP contribution in [-0.2, 0) is 14.3 Å². The number of rotatable bonds is 8. The van der Waals surface area contributed by atoms with Crippen molar-refractivity contribution in [3.8, 4) is 0 Å². The van der Waals surface area contributed by atoms with Gasteiger partial charge in [-0.1, -0.05) is 38.3 Å². The zero-order valence-corrected chi connectivity index (χ0v) is 18.8. The Morgan fingerprint density at radius 3 is 2.66 bits per heavy atom. The third-order valence-electron chi connectivity index (χ3n) is 5.46. The number of Topliss-reactive ketones (excluding diaryl/α,β-unsaturated/α-hetero) is 1. The number of ketones is 1. The molecule has 1 fully saturated rings. The van der Waals surface area contributed by atoms with Crippen LogP contribution in [0.2, 0.25) is 5.15 Å². The number of halogens is 1. The van der Waals surface area contributed by atoms with Gasteiger partial charge < -0.3 is 20.5 Å². The Morgan fingerprint density at radius 2 is 2.03 bits per heavy atom. The number of hydrogen-bond donors (Lipinski definition) is 4. The molecule has 1 aliphatic heterocycles. The number of aromatic nitrogens is 1. The molecular weight excluding hydrogens is 438 g/mol. The van der Waals surface area contributed by atoms with Gasteiger partial charge >= 0.3 is 0 Å². The molecule has 0 spiro atoms. The average molecular weight is 466 g/mol. The molecule has 1 aliphatic carbocycles. The molecule has 32 heavy (non-hydrogen) atoms. The standard InChI is InChI=1S/C21H28ClN5O5/c1-11(2)9-15(17(28)20-26-27-21(31)32-20)25-19(30)13-5-3-4-6-14(13)24-18(29)12-7-8-16(22)23-10-12/h7-8,10-11,13-15,21,27,31H,3-6,9H2,1-2H3,(H,24,29)(H,25,30)/t13-,14+,15+,21?/m1/s1. The summed E-state index contributed by atoms with van der Waals surface area (Å²) in [6, 6.07) is 1.88. The number of pyridine rings is 1. The normalized spacial score (nSPS) is 23.5. The van der Waals surface area contributed by atoms with Crippen LogP contribution in [0, 0.1) is 11.8 Å². The number of ether oxygens (including phenoxy) is 1. The van der Waals surface area contributed by atoms with Crippen molar-refractivity contribution in [1.29, 1.82) is 0 Å². The number of amides is 2. The Bertz CT molecular complexity index is 876. The van der Waals surface area contributed by atoms with Crippen LogP contribution in [0.1, 0.15) is 56.3 Å². The van der Waals surface area contributed by atoms with Crippen LogP contribution < -0.4 is 16.1 Å². The molecule has 4 N–H and O–H groups in total. The van der Waals surface area contributed by atoms with E-state index in [4.69, 9.17) is 16.3 Å². The summed E-state index contributed by atoms with van der Waals surface area (Å²) < 4.78 is 4.97. The predicted molar refractivity (Wildman–Crippen MR) is 117 cm³/mol. The summed E-state index contributed by atoms with van der Waals surface area (Å²) in [5.74, 6) is -1.79. The second-order valence-corrected chi connectivity index (χ2v) is 8.80.